The van der Waals surface area contributed by atoms with Crippen molar-refractivity contribution in [1.82, 2.24) is 0 Å². The van der Waals surface area contributed by atoms with Crippen LogP contribution in [0.4, 0.5) is 0 Å². The third-order valence-electron chi connectivity index (χ3n) is 4.64. The highest BCUT2D eigenvalue weighted by Crippen LogP contribution is 2.40. The van der Waals surface area contributed by atoms with Crippen molar-refractivity contribution in [2.24, 2.45) is 0 Å². The smallest absolute Gasteiger partial charge is 0.198 e. The molecule has 0 aromatic heterocycles. The Labute approximate surface area is 131 Å². The molecule has 2 aromatic carbocycles. The third kappa shape index (κ3) is 1.94. The maximum absolute atomic E-state index is 12.7. The molecule has 2 aliphatic carbocycles. The van der Waals surface area contributed by atoms with Gasteiger partial charge in [-0.2, -0.15) is 0 Å². The van der Waals surface area contributed by atoms with E-state index in [9.17, 15) is 24.9 Å². The predicted octanol–water partition coefficient (Wildman–Crippen LogP) is 1.34. The van der Waals surface area contributed by atoms with E-state index in [1.807, 2.05) is 0 Å². The first-order chi connectivity index (χ1) is 10.9. The van der Waals surface area contributed by atoms with Crippen molar-refractivity contribution in [3.63, 3.8) is 0 Å². The summed E-state index contributed by atoms with van der Waals surface area (Å²) in [5, 5.41) is 30.2. The van der Waals surface area contributed by atoms with E-state index in [1.165, 1.54) is 0 Å². The molecule has 0 heterocycles. The molecule has 0 bridgehead atoms. The van der Waals surface area contributed by atoms with Crippen molar-refractivity contribution >= 4 is 11.6 Å². The van der Waals surface area contributed by atoms with Gasteiger partial charge in [-0.25, -0.2) is 0 Å². The first-order valence-electron chi connectivity index (χ1n) is 7.40. The Kier molecular flexibility index (Phi) is 2.76. The lowest BCUT2D eigenvalue weighted by Crippen LogP contribution is -2.36. The highest BCUT2D eigenvalue weighted by Gasteiger charge is 2.38. The fourth-order valence-electron chi connectivity index (χ4n) is 3.46. The van der Waals surface area contributed by atoms with Crippen LogP contribution in [0.3, 0.4) is 0 Å². The largest absolute Gasteiger partial charge is 0.507 e. The van der Waals surface area contributed by atoms with E-state index in [-0.39, 0.29) is 41.1 Å². The van der Waals surface area contributed by atoms with Crippen LogP contribution in [-0.2, 0) is 12.8 Å². The highest BCUT2D eigenvalue weighted by atomic mass is 16.5. The first-order valence-corrected chi connectivity index (χ1v) is 7.40. The predicted molar refractivity (Wildman–Crippen MR) is 80.6 cm³/mol. The number of rotatable bonds is 0. The number of carbonyl (C=O) groups excluding carboxylic acids is 2. The van der Waals surface area contributed by atoms with E-state index in [0.29, 0.717) is 23.1 Å². The van der Waals surface area contributed by atoms with E-state index < -0.39 is 11.6 Å². The second kappa shape index (κ2) is 4.50. The molecule has 0 aliphatic heterocycles. The number of phenolic OH excluding ortho intramolecular Hbond substituents is 1. The molecule has 0 saturated heterocycles. The maximum atomic E-state index is 12.7. The Hall–Kier alpha value is -2.50. The van der Waals surface area contributed by atoms with Gasteiger partial charge in [-0.1, -0.05) is 24.3 Å². The molecule has 0 spiro atoms. The van der Waals surface area contributed by atoms with Gasteiger partial charge in [0.2, 0.25) is 0 Å². The molecule has 2 aromatic rings. The van der Waals surface area contributed by atoms with Gasteiger partial charge in [0.15, 0.2) is 17.4 Å². The molecule has 2 aliphatic rings. The summed E-state index contributed by atoms with van der Waals surface area (Å²) in [6.07, 6.45) is 0.286. The average molecular weight is 310 g/mol. The number of aliphatic hydroxyl groups is 2. The lowest BCUT2D eigenvalue weighted by molar-refractivity contribution is -0.167. The molecule has 0 unspecified atom stereocenters. The summed E-state index contributed by atoms with van der Waals surface area (Å²) >= 11 is 0. The number of phenols is 1. The number of hydrogen-bond donors (Lipinski definition) is 3. The SMILES string of the molecule is O=C1c2ccccc2C(=O)c2c1cc1c(c2O)CC(O)(O)CC1. The standard InChI is InChI=1S/C18H14O5/c19-15-10-3-1-2-4-11(10)16(20)14-12(15)7-9-5-6-18(22,23)8-13(9)17(14)21/h1-4,7,21-23H,5-6,8H2. The summed E-state index contributed by atoms with van der Waals surface area (Å²) < 4.78 is 0. The van der Waals surface area contributed by atoms with Crippen LogP contribution in [-0.4, -0.2) is 32.7 Å². The lowest BCUT2D eigenvalue weighted by Gasteiger charge is -2.31. The van der Waals surface area contributed by atoms with Crippen LogP contribution in [0.5, 0.6) is 5.75 Å². The Morgan fingerprint density at radius 3 is 2.30 bits per heavy atom. The lowest BCUT2D eigenvalue weighted by atomic mass is 9.77. The number of carbonyl (C=O) groups is 2. The number of aromatic hydroxyl groups is 1. The Morgan fingerprint density at radius 1 is 0.957 bits per heavy atom. The second-order valence-electron chi connectivity index (χ2n) is 6.15. The van der Waals surface area contributed by atoms with Gasteiger partial charge in [0, 0.05) is 35.1 Å². The van der Waals surface area contributed by atoms with Crippen molar-refractivity contribution in [1.29, 1.82) is 0 Å². The fraction of sp³-hybridized carbons (Fsp3) is 0.222. The molecule has 5 nitrogen and oxygen atoms in total. The van der Waals surface area contributed by atoms with Gasteiger partial charge in [-0.3, -0.25) is 9.59 Å². The van der Waals surface area contributed by atoms with Crippen LogP contribution in [0.2, 0.25) is 0 Å². The molecule has 5 heteroatoms. The van der Waals surface area contributed by atoms with Crippen molar-refractivity contribution in [2.45, 2.75) is 25.0 Å². The quantitative estimate of drug-likeness (QED) is 0.545. The van der Waals surface area contributed by atoms with Gasteiger partial charge in [-0.15, -0.1) is 0 Å². The van der Waals surface area contributed by atoms with Gasteiger partial charge >= 0.3 is 0 Å². The summed E-state index contributed by atoms with van der Waals surface area (Å²) in [6, 6.07) is 8.12. The van der Waals surface area contributed by atoms with E-state index in [2.05, 4.69) is 0 Å². The number of benzene rings is 2. The first kappa shape index (κ1) is 14.1. The monoisotopic (exact) mass is 310 g/mol. The van der Waals surface area contributed by atoms with E-state index >= 15 is 0 Å². The van der Waals surface area contributed by atoms with Crippen LogP contribution >= 0.6 is 0 Å². The molecule has 3 N–H and O–H groups in total. The minimum atomic E-state index is -1.90. The summed E-state index contributed by atoms with van der Waals surface area (Å²) in [5.41, 5.74) is 1.76. The van der Waals surface area contributed by atoms with Crippen LogP contribution in [0.25, 0.3) is 0 Å². The fourth-order valence-corrected chi connectivity index (χ4v) is 3.46. The van der Waals surface area contributed by atoms with E-state index in [4.69, 9.17) is 0 Å². The maximum Gasteiger partial charge on any atom is 0.198 e. The van der Waals surface area contributed by atoms with Gasteiger partial charge < -0.3 is 15.3 Å². The zero-order valence-corrected chi connectivity index (χ0v) is 12.2. The Balaban J connectivity index is 1.98. The molecule has 0 fully saturated rings. The van der Waals surface area contributed by atoms with Gasteiger partial charge in [0.05, 0.1) is 5.56 Å². The topological polar surface area (TPSA) is 94.8 Å². The molecule has 0 saturated carbocycles. The third-order valence-corrected chi connectivity index (χ3v) is 4.64. The molecule has 23 heavy (non-hydrogen) atoms. The number of ketones is 2. The summed E-state index contributed by atoms with van der Waals surface area (Å²) in [6.45, 7) is 0. The number of hydrogen-bond acceptors (Lipinski definition) is 5. The number of aryl methyl sites for hydroxylation is 1. The van der Waals surface area contributed by atoms with Crippen LogP contribution in [0.1, 0.15) is 49.4 Å². The van der Waals surface area contributed by atoms with E-state index in [1.54, 1.807) is 30.3 Å². The zero-order chi connectivity index (χ0) is 16.4. The summed E-state index contributed by atoms with van der Waals surface area (Å²) in [4.78, 5) is 25.3. The van der Waals surface area contributed by atoms with Crippen LogP contribution in [0, 0.1) is 0 Å². The summed E-state index contributed by atoms with van der Waals surface area (Å²) in [7, 11) is 0. The Morgan fingerprint density at radius 2 is 1.61 bits per heavy atom. The normalized spacial score (nSPS) is 18.2. The van der Waals surface area contributed by atoms with Crippen LogP contribution < -0.4 is 0 Å². The molecule has 4 rings (SSSR count). The molecule has 0 atom stereocenters. The minimum Gasteiger partial charge on any atom is -0.507 e. The van der Waals surface area contributed by atoms with E-state index in [0.717, 1.165) is 0 Å². The Bertz CT molecular complexity index is 879. The molecular weight excluding hydrogens is 296 g/mol. The summed E-state index contributed by atoms with van der Waals surface area (Å²) in [5.74, 6) is -2.92. The molecular formula is C18H14O5. The van der Waals surface area contributed by atoms with Gasteiger partial charge in [0.25, 0.3) is 0 Å². The second-order valence-corrected chi connectivity index (χ2v) is 6.15. The zero-order valence-electron chi connectivity index (χ0n) is 12.2. The van der Waals surface area contributed by atoms with Crippen molar-refractivity contribution in [3.8, 4) is 5.75 Å². The molecule has 0 radical (unpaired) electrons. The van der Waals surface area contributed by atoms with Crippen LogP contribution in [0.15, 0.2) is 30.3 Å². The van der Waals surface area contributed by atoms with Gasteiger partial charge in [0.1, 0.15) is 5.75 Å². The highest BCUT2D eigenvalue weighted by molar-refractivity contribution is 6.29. The van der Waals surface area contributed by atoms with Crippen molar-refractivity contribution in [2.75, 3.05) is 0 Å². The number of fused-ring (bicyclic) bond motifs is 3. The molecule has 0 amide bonds. The molecule has 116 valence electrons. The average Bonchev–Trinajstić information content (AvgIpc) is 2.53. The minimum absolute atomic E-state index is 0.0369. The van der Waals surface area contributed by atoms with Crippen molar-refractivity contribution in [3.05, 3.63) is 63.7 Å². The van der Waals surface area contributed by atoms with Crippen molar-refractivity contribution < 1.29 is 24.9 Å². The van der Waals surface area contributed by atoms with Gasteiger partial charge in [-0.05, 0) is 18.1 Å².